The van der Waals surface area contributed by atoms with Crippen molar-refractivity contribution in [3.8, 4) is 11.5 Å². The molecule has 6 heteroatoms. The zero-order valence-corrected chi connectivity index (χ0v) is 14.4. The molecule has 0 spiro atoms. The molecule has 2 aromatic heterocycles. The van der Waals surface area contributed by atoms with Crippen molar-refractivity contribution in [2.45, 2.75) is 26.3 Å². The van der Waals surface area contributed by atoms with E-state index in [9.17, 15) is 0 Å². The molecule has 23 heavy (non-hydrogen) atoms. The fraction of sp³-hybridized carbons (Fsp3) is 0.353. The van der Waals surface area contributed by atoms with Crippen LogP contribution in [0, 0.1) is 6.92 Å². The van der Waals surface area contributed by atoms with E-state index in [-0.39, 0.29) is 6.04 Å². The Morgan fingerprint density at radius 2 is 2.00 bits per heavy atom. The van der Waals surface area contributed by atoms with E-state index in [1.54, 1.807) is 11.3 Å². The molecule has 0 unspecified atom stereocenters. The molecule has 0 aliphatic rings. The van der Waals surface area contributed by atoms with Gasteiger partial charge in [0, 0.05) is 30.1 Å². The van der Waals surface area contributed by atoms with E-state index in [0.29, 0.717) is 11.8 Å². The van der Waals surface area contributed by atoms with Crippen molar-refractivity contribution >= 4 is 11.3 Å². The molecule has 0 fully saturated rings. The van der Waals surface area contributed by atoms with Crippen molar-refractivity contribution in [2.75, 3.05) is 13.6 Å². The third-order valence-corrected chi connectivity index (χ3v) is 4.76. The number of likely N-dealkylation sites (N-methyl/N-ethyl adjacent to an activating group) is 1. The molecule has 0 aliphatic carbocycles. The van der Waals surface area contributed by atoms with Gasteiger partial charge < -0.3 is 4.42 Å². The molecule has 0 saturated carbocycles. The number of benzene rings is 1. The van der Waals surface area contributed by atoms with Gasteiger partial charge in [-0.2, -0.15) is 0 Å². The van der Waals surface area contributed by atoms with Gasteiger partial charge in [-0.1, -0.05) is 17.7 Å². The summed E-state index contributed by atoms with van der Waals surface area (Å²) in [7, 11) is 2.06. The third-order valence-electron chi connectivity index (χ3n) is 3.92. The number of aromatic nitrogens is 3. The summed E-state index contributed by atoms with van der Waals surface area (Å²) >= 11 is 1.69. The molecule has 0 aliphatic heterocycles. The summed E-state index contributed by atoms with van der Waals surface area (Å²) in [5.74, 6) is 1.21. The Kier molecular flexibility index (Phi) is 4.83. The van der Waals surface area contributed by atoms with Crippen molar-refractivity contribution < 1.29 is 4.42 Å². The van der Waals surface area contributed by atoms with E-state index in [2.05, 4.69) is 41.0 Å². The monoisotopic (exact) mass is 328 g/mol. The minimum atomic E-state index is 0.0710. The SMILES string of the molecule is Cc1ccc(-c2nnc([C@@H](C)N(C)CCc3nccs3)o2)cc1. The molecule has 0 amide bonds. The second-order valence-electron chi connectivity index (χ2n) is 5.64. The van der Waals surface area contributed by atoms with Gasteiger partial charge in [0.15, 0.2) is 0 Å². The number of rotatable bonds is 6. The normalized spacial score (nSPS) is 12.7. The lowest BCUT2D eigenvalue weighted by Crippen LogP contribution is -2.25. The largest absolute Gasteiger partial charge is 0.419 e. The topological polar surface area (TPSA) is 55.1 Å². The second-order valence-corrected chi connectivity index (χ2v) is 6.62. The van der Waals surface area contributed by atoms with Gasteiger partial charge in [-0.05, 0) is 33.0 Å². The number of aryl methyl sites for hydroxylation is 1. The van der Waals surface area contributed by atoms with Crippen LogP contribution in [0.2, 0.25) is 0 Å². The Morgan fingerprint density at radius 1 is 1.22 bits per heavy atom. The van der Waals surface area contributed by atoms with Crippen molar-refractivity contribution in [1.82, 2.24) is 20.1 Å². The number of thiazole rings is 1. The minimum Gasteiger partial charge on any atom is -0.419 e. The third kappa shape index (κ3) is 3.83. The van der Waals surface area contributed by atoms with Crippen LogP contribution >= 0.6 is 11.3 Å². The van der Waals surface area contributed by atoms with Crippen molar-refractivity contribution in [3.05, 3.63) is 52.3 Å². The second kappa shape index (κ2) is 7.02. The summed E-state index contributed by atoms with van der Waals surface area (Å²) in [6.45, 7) is 5.04. The average molecular weight is 328 g/mol. The fourth-order valence-corrected chi connectivity index (χ4v) is 2.86. The van der Waals surface area contributed by atoms with Crippen molar-refractivity contribution in [1.29, 1.82) is 0 Å². The van der Waals surface area contributed by atoms with E-state index >= 15 is 0 Å². The summed E-state index contributed by atoms with van der Waals surface area (Å²) in [6, 6.07) is 8.17. The van der Waals surface area contributed by atoms with Gasteiger partial charge >= 0.3 is 0 Å². The van der Waals surface area contributed by atoms with E-state index in [4.69, 9.17) is 4.42 Å². The predicted octanol–water partition coefficient (Wildman–Crippen LogP) is 3.74. The highest BCUT2D eigenvalue weighted by atomic mass is 32.1. The first-order valence-corrected chi connectivity index (χ1v) is 8.50. The van der Waals surface area contributed by atoms with Crippen LogP contribution < -0.4 is 0 Å². The van der Waals surface area contributed by atoms with Crippen LogP contribution in [0.5, 0.6) is 0 Å². The Labute approximate surface area is 140 Å². The molecule has 1 aromatic carbocycles. The Bertz CT molecular complexity index is 736. The zero-order chi connectivity index (χ0) is 16.2. The van der Waals surface area contributed by atoms with Crippen LogP contribution in [0.25, 0.3) is 11.5 Å². The maximum absolute atomic E-state index is 5.85. The van der Waals surface area contributed by atoms with E-state index in [0.717, 1.165) is 23.5 Å². The van der Waals surface area contributed by atoms with Gasteiger partial charge in [0.05, 0.1) is 11.0 Å². The number of hydrogen-bond acceptors (Lipinski definition) is 6. The summed E-state index contributed by atoms with van der Waals surface area (Å²) in [4.78, 5) is 6.51. The maximum atomic E-state index is 5.85. The molecule has 0 N–H and O–H groups in total. The summed E-state index contributed by atoms with van der Waals surface area (Å²) < 4.78 is 5.85. The van der Waals surface area contributed by atoms with Gasteiger partial charge in [-0.25, -0.2) is 4.98 Å². The smallest absolute Gasteiger partial charge is 0.247 e. The van der Waals surface area contributed by atoms with E-state index in [1.807, 2.05) is 35.8 Å². The summed E-state index contributed by atoms with van der Waals surface area (Å²) in [6.07, 6.45) is 2.77. The van der Waals surface area contributed by atoms with Crippen LogP contribution in [0.3, 0.4) is 0 Å². The number of hydrogen-bond donors (Lipinski definition) is 0. The Balaban J connectivity index is 1.65. The average Bonchev–Trinajstić information content (AvgIpc) is 3.24. The first kappa shape index (κ1) is 15.8. The van der Waals surface area contributed by atoms with Crippen molar-refractivity contribution in [3.63, 3.8) is 0 Å². The van der Waals surface area contributed by atoms with Crippen LogP contribution in [0.4, 0.5) is 0 Å². The standard InChI is InChI=1S/C17H20N4OS/c1-12-4-6-14(7-5-12)17-20-19-16(22-17)13(2)21(3)10-8-15-18-9-11-23-15/h4-7,9,11,13H,8,10H2,1-3H3/t13-/m1/s1. The highest BCUT2D eigenvalue weighted by Gasteiger charge is 2.19. The Morgan fingerprint density at radius 3 is 2.70 bits per heavy atom. The highest BCUT2D eigenvalue weighted by molar-refractivity contribution is 7.09. The first-order chi connectivity index (χ1) is 11.1. The molecule has 120 valence electrons. The van der Waals surface area contributed by atoms with Gasteiger partial charge in [0.25, 0.3) is 0 Å². The van der Waals surface area contributed by atoms with Gasteiger partial charge in [-0.3, -0.25) is 4.90 Å². The van der Waals surface area contributed by atoms with Gasteiger partial charge in [0.1, 0.15) is 0 Å². The van der Waals surface area contributed by atoms with Crippen LogP contribution in [0.15, 0.2) is 40.3 Å². The van der Waals surface area contributed by atoms with E-state index < -0.39 is 0 Å². The molecule has 2 heterocycles. The minimum absolute atomic E-state index is 0.0710. The molecule has 1 atom stereocenters. The van der Waals surface area contributed by atoms with Gasteiger partial charge in [0.2, 0.25) is 11.8 Å². The van der Waals surface area contributed by atoms with Crippen LogP contribution in [-0.4, -0.2) is 33.7 Å². The quantitative estimate of drug-likeness (QED) is 0.690. The fourth-order valence-electron chi connectivity index (χ4n) is 2.25. The number of nitrogens with zero attached hydrogens (tertiary/aromatic N) is 4. The molecule has 3 rings (SSSR count). The van der Waals surface area contributed by atoms with Crippen molar-refractivity contribution in [2.24, 2.45) is 0 Å². The molecular weight excluding hydrogens is 308 g/mol. The molecule has 0 bridgehead atoms. The lowest BCUT2D eigenvalue weighted by atomic mass is 10.1. The van der Waals surface area contributed by atoms with Gasteiger partial charge in [-0.15, -0.1) is 21.5 Å². The maximum Gasteiger partial charge on any atom is 0.247 e. The lowest BCUT2D eigenvalue weighted by molar-refractivity contribution is 0.228. The molecular formula is C17H20N4OS. The summed E-state index contributed by atoms with van der Waals surface area (Å²) in [5, 5.41) is 11.5. The lowest BCUT2D eigenvalue weighted by Gasteiger charge is -2.20. The molecule has 0 radical (unpaired) electrons. The first-order valence-electron chi connectivity index (χ1n) is 7.62. The summed E-state index contributed by atoms with van der Waals surface area (Å²) in [5.41, 5.74) is 2.16. The van der Waals surface area contributed by atoms with E-state index in [1.165, 1.54) is 5.56 Å². The molecule has 3 aromatic rings. The molecule has 0 saturated heterocycles. The zero-order valence-electron chi connectivity index (χ0n) is 13.6. The van der Waals surface area contributed by atoms with Crippen LogP contribution in [-0.2, 0) is 6.42 Å². The molecule has 5 nitrogen and oxygen atoms in total. The predicted molar refractivity (Wildman–Crippen MR) is 91.3 cm³/mol. The van der Waals surface area contributed by atoms with Crippen LogP contribution in [0.1, 0.15) is 29.4 Å². The highest BCUT2D eigenvalue weighted by Crippen LogP contribution is 2.23. The Hall–Kier alpha value is -2.05.